The molecular formula is C12H12FN3OS. The molecule has 94 valence electrons. The lowest BCUT2D eigenvalue weighted by molar-refractivity contribution is 0.102. The van der Waals surface area contributed by atoms with Crippen molar-refractivity contribution in [3.63, 3.8) is 0 Å². The van der Waals surface area contributed by atoms with Gasteiger partial charge in [-0.3, -0.25) is 4.79 Å². The maximum atomic E-state index is 14.0. The van der Waals surface area contributed by atoms with Gasteiger partial charge in [0, 0.05) is 18.1 Å². The summed E-state index contributed by atoms with van der Waals surface area (Å²) in [6, 6.07) is 3.12. The number of hydrogen-bond donors (Lipinski definition) is 2. The first kappa shape index (κ1) is 12.5. The number of halogens is 1. The molecule has 0 atom stereocenters. The normalized spacial score (nSPS) is 10.1. The lowest BCUT2D eigenvalue weighted by Crippen LogP contribution is -2.15. The Morgan fingerprint density at radius 1 is 1.50 bits per heavy atom. The van der Waals surface area contributed by atoms with Gasteiger partial charge < -0.3 is 10.6 Å². The molecule has 2 rings (SSSR count). The number of anilines is 2. The number of nitrogens with zero attached hydrogens (tertiary/aromatic N) is 1. The number of rotatable bonds is 4. The standard InChI is InChI=1S/C12H12FN3OS/c1-2-14-11-10(13)9(3-5-15-11)12(17)16-8-4-6-18-7-8/h3-7H,2H2,1H3,(H,14,15)(H,16,17). The van der Waals surface area contributed by atoms with Crippen molar-refractivity contribution >= 4 is 28.7 Å². The number of thiophene rings is 1. The molecule has 0 saturated carbocycles. The Morgan fingerprint density at radius 2 is 2.33 bits per heavy atom. The van der Waals surface area contributed by atoms with Gasteiger partial charge in [-0.25, -0.2) is 9.37 Å². The summed E-state index contributed by atoms with van der Waals surface area (Å²) in [6.45, 7) is 2.37. The van der Waals surface area contributed by atoms with Crippen LogP contribution in [0.2, 0.25) is 0 Å². The van der Waals surface area contributed by atoms with Crippen LogP contribution in [0.15, 0.2) is 29.1 Å². The minimum Gasteiger partial charge on any atom is -0.368 e. The molecule has 0 aliphatic heterocycles. The first-order valence-corrected chi connectivity index (χ1v) is 6.38. The fraction of sp³-hybridized carbons (Fsp3) is 0.167. The Morgan fingerprint density at radius 3 is 3.00 bits per heavy atom. The quantitative estimate of drug-likeness (QED) is 0.893. The fourth-order valence-corrected chi connectivity index (χ4v) is 2.03. The fourth-order valence-electron chi connectivity index (χ4n) is 1.44. The van der Waals surface area contributed by atoms with Gasteiger partial charge in [-0.2, -0.15) is 11.3 Å². The summed E-state index contributed by atoms with van der Waals surface area (Å²) < 4.78 is 14.0. The summed E-state index contributed by atoms with van der Waals surface area (Å²) in [5.41, 5.74) is 0.637. The number of aromatic nitrogens is 1. The summed E-state index contributed by atoms with van der Waals surface area (Å²) in [5.74, 6) is -1.02. The molecule has 0 aliphatic rings. The molecule has 0 radical (unpaired) electrons. The van der Waals surface area contributed by atoms with Gasteiger partial charge in [-0.1, -0.05) is 0 Å². The van der Waals surface area contributed by atoms with Crippen molar-refractivity contribution in [1.29, 1.82) is 0 Å². The number of hydrogen-bond acceptors (Lipinski definition) is 4. The van der Waals surface area contributed by atoms with Gasteiger partial charge in [0.15, 0.2) is 11.6 Å². The highest BCUT2D eigenvalue weighted by molar-refractivity contribution is 7.08. The van der Waals surface area contributed by atoms with Gasteiger partial charge >= 0.3 is 0 Å². The molecule has 0 fully saturated rings. The summed E-state index contributed by atoms with van der Waals surface area (Å²) >= 11 is 1.46. The van der Waals surface area contributed by atoms with E-state index in [0.29, 0.717) is 12.2 Å². The highest BCUT2D eigenvalue weighted by Crippen LogP contribution is 2.18. The van der Waals surface area contributed by atoms with Crippen LogP contribution in [0.4, 0.5) is 15.9 Å². The van der Waals surface area contributed by atoms with E-state index < -0.39 is 11.7 Å². The van der Waals surface area contributed by atoms with Crippen molar-refractivity contribution in [1.82, 2.24) is 4.98 Å². The van der Waals surface area contributed by atoms with E-state index >= 15 is 0 Å². The van der Waals surface area contributed by atoms with Crippen LogP contribution in [0.25, 0.3) is 0 Å². The van der Waals surface area contributed by atoms with Crippen LogP contribution in [-0.4, -0.2) is 17.4 Å². The summed E-state index contributed by atoms with van der Waals surface area (Å²) in [5, 5.41) is 9.01. The molecule has 18 heavy (non-hydrogen) atoms. The van der Waals surface area contributed by atoms with Crippen molar-refractivity contribution in [2.24, 2.45) is 0 Å². The average molecular weight is 265 g/mol. The summed E-state index contributed by atoms with van der Waals surface area (Å²) in [6.07, 6.45) is 1.41. The molecule has 0 aromatic carbocycles. The molecule has 2 aromatic heterocycles. The molecule has 6 heteroatoms. The van der Waals surface area contributed by atoms with Crippen molar-refractivity contribution in [3.8, 4) is 0 Å². The molecular weight excluding hydrogens is 253 g/mol. The van der Waals surface area contributed by atoms with Crippen molar-refractivity contribution in [3.05, 3.63) is 40.5 Å². The van der Waals surface area contributed by atoms with Crippen molar-refractivity contribution in [2.45, 2.75) is 6.92 Å². The molecule has 2 N–H and O–H groups in total. The molecule has 0 unspecified atom stereocenters. The molecule has 4 nitrogen and oxygen atoms in total. The van der Waals surface area contributed by atoms with E-state index in [1.54, 1.807) is 11.4 Å². The third kappa shape index (κ3) is 2.65. The minimum absolute atomic E-state index is 0.0212. The molecule has 0 saturated heterocycles. The highest BCUT2D eigenvalue weighted by Gasteiger charge is 2.15. The van der Waals surface area contributed by atoms with Crippen LogP contribution in [0.5, 0.6) is 0 Å². The zero-order chi connectivity index (χ0) is 13.0. The van der Waals surface area contributed by atoms with E-state index in [1.165, 1.54) is 23.6 Å². The molecule has 0 bridgehead atoms. The van der Waals surface area contributed by atoms with Gasteiger partial charge in [0.25, 0.3) is 5.91 Å². The Labute approximate surface area is 108 Å². The Kier molecular flexibility index (Phi) is 3.88. The van der Waals surface area contributed by atoms with Gasteiger partial charge in [0.2, 0.25) is 0 Å². The number of nitrogens with one attached hydrogen (secondary N) is 2. The first-order chi connectivity index (χ1) is 8.72. The van der Waals surface area contributed by atoms with E-state index in [-0.39, 0.29) is 11.4 Å². The van der Waals surface area contributed by atoms with Gasteiger partial charge in [-0.15, -0.1) is 0 Å². The second kappa shape index (κ2) is 5.59. The van der Waals surface area contributed by atoms with Crippen LogP contribution in [0.3, 0.4) is 0 Å². The van der Waals surface area contributed by atoms with E-state index in [4.69, 9.17) is 0 Å². The number of carbonyl (C=O) groups is 1. The lowest BCUT2D eigenvalue weighted by atomic mass is 10.2. The summed E-state index contributed by atoms with van der Waals surface area (Å²) in [4.78, 5) is 15.7. The monoisotopic (exact) mass is 265 g/mol. The molecule has 2 aromatic rings. The maximum Gasteiger partial charge on any atom is 0.258 e. The van der Waals surface area contributed by atoms with Crippen LogP contribution >= 0.6 is 11.3 Å². The SMILES string of the molecule is CCNc1nccc(C(=O)Nc2ccsc2)c1F. The smallest absolute Gasteiger partial charge is 0.258 e. The largest absolute Gasteiger partial charge is 0.368 e. The Bertz CT molecular complexity index is 542. The first-order valence-electron chi connectivity index (χ1n) is 5.44. The second-order valence-electron chi connectivity index (χ2n) is 3.52. The predicted molar refractivity (Wildman–Crippen MR) is 70.6 cm³/mol. The number of amides is 1. The van der Waals surface area contributed by atoms with Crippen LogP contribution < -0.4 is 10.6 Å². The lowest BCUT2D eigenvalue weighted by Gasteiger charge is -2.08. The number of pyridine rings is 1. The molecule has 2 heterocycles. The van der Waals surface area contributed by atoms with Crippen molar-refractivity contribution in [2.75, 3.05) is 17.2 Å². The van der Waals surface area contributed by atoms with E-state index in [0.717, 1.165) is 0 Å². The van der Waals surface area contributed by atoms with Crippen molar-refractivity contribution < 1.29 is 9.18 Å². The minimum atomic E-state index is -0.632. The predicted octanol–water partition coefficient (Wildman–Crippen LogP) is 2.97. The van der Waals surface area contributed by atoms with Gasteiger partial charge in [0.05, 0.1) is 11.3 Å². The van der Waals surface area contributed by atoms with E-state index in [2.05, 4.69) is 15.6 Å². The van der Waals surface area contributed by atoms with Gasteiger partial charge in [0.1, 0.15) is 0 Å². The van der Waals surface area contributed by atoms with Gasteiger partial charge in [-0.05, 0) is 24.4 Å². The topological polar surface area (TPSA) is 54.0 Å². The third-order valence-corrected chi connectivity index (χ3v) is 2.94. The van der Waals surface area contributed by atoms with E-state index in [1.807, 2.05) is 12.3 Å². The molecule has 1 amide bonds. The molecule has 0 spiro atoms. The summed E-state index contributed by atoms with van der Waals surface area (Å²) in [7, 11) is 0. The zero-order valence-electron chi connectivity index (χ0n) is 9.74. The molecule has 0 aliphatic carbocycles. The third-order valence-electron chi connectivity index (χ3n) is 2.26. The Hall–Kier alpha value is -1.95. The maximum absolute atomic E-state index is 14.0. The van der Waals surface area contributed by atoms with Crippen LogP contribution in [0.1, 0.15) is 17.3 Å². The number of carbonyl (C=O) groups excluding carboxylic acids is 1. The average Bonchev–Trinajstić information content (AvgIpc) is 2.85. The van der Waals surface area contributed by atoms with Crippen LogP contribution in [0, 0.1) is 5.82 Å². The zero-order valence-corrected chi connectivity index (χ0v) is 10.6. The Balaban J connectivity index is 2.22. The van der Waals surface area contributed by atoms with Crippen LogP contribution in [-0.2, 0) is 0 Å². The highest BCUT2D eigenvalue weighted by atomic mass is 32.1. The van der Waals surface area contributed by atoms with E-state index in [9.17, 15) is 9.18 Å². The second-order valence-corrected chi connectivity index (χ2v) is 4.30.